The molecule has 4 N–H and O–H groups in total. The first-order valence-electron chi connectivity index (χ1n) is 2.00. The number of rotatable bonds is 0. The van der Waals surface area contributed by atoms with Crippen LogP contribution in [0.4, 0.5) is 0 Å². The summed E-state index contributed by atoms with van der Waals surface area (Å²) in [5.74, 6) is 0.0301. The van der Waals surface area contributed by atoms with Gasteiger partial charge in [-0.3, -0.25) is 4.79 Å². The zero-order chi connectivity index (χ0) is 6.15. The van der Waals surface area contributed by atoms with Crippen molar-refractivity contribution in [1.82, 2.24) is 0 Å². The second-order valence-electron chi connectivity index (χ2n) is 1.31. The van der Waals surface area contributed by atoms with Gasteiger partial charge in [0.1, 0.15) is 0 Å². The maximum atomic E-state index is 10.4. The quantitative estimate of drug-likeness (QED) is 0.435. The average Bonchev–Trinajstić information content (AvgIpc) is 1.85. The molecule has 8 heavy (non-hydrogen) atoms. The molecule has 1 aliphatic heterocycles. The van der Waals surface area contributed by atoms with E-state index in [-0.39, 0.29) is 11.0 Å². The number of carbonyl (C=O) groups excluding carboxylic acids is 1. The van der Waals surface area contributed by atoms with Crippen molar-refractivity contribution in [3.05, 3.63) is 0 Å². The molecule has 1 unspecified atom stereocenters. The summed E-state index contributed by atoms with van der Waals surface area (Å²) >= 11 is 0.939. The second-order valence-corrected chi connectivity index (χ2v) is 2.40. The molecular weight excluding hydrogens is 126 g/mol. The van der Waals surface area contributed by atoms with E-state index in [1.807, 2.05) is 0 Å². The SMILES string of the molecule is NC1=NC(N)SC1=O. The van der Waals surface area contributed by atoms with Crippen molar-refractivity contribution >= 4 is 22.7 Å². The van der Waals surface area contributed by atoms with Gasteiger partial charge in [-0.1, -0.05) is 0 Å². The van der Waals surface area contributed by atoms with Crippen LogP contribution in [-0.4, -0.2) is 16.4 Å². The molecule has 0 fully saturated rings. The highest BCUT2D eigenvalue weighted by Gasteiger charge is 2.20. The molecule has 0 aliphatic carbocycles. The average molecular weight is 131 g/mol. The van der Waals surface area contributed by atoms with Gasteiger partial charge in [0.05, 0.1) is 0 Å². The van der Waals surface area contributed by atoms with Gasteiger partial charge in [0.25, 0.3) is 5.12 Å². The number of thioether (sulfide) groups is 1. The van der Waals surface area contributed by atoms with Gasteiger partial charge in [0, 0.05) is 0 Å². The van der Waals surface area contributed by atoms with Gasteiger partial charge in [-0.2, -0.15) is 0 Å². The van der Waals surface area contributed by atoms with E-state index in [0.29, 0.717) is 0 Å². The van der Waals surface area contributed by atoms with E-state index in [9.17, 15) is 4.79 Å². The molecule has 1 heterocycles. The first-order valence-corrected chi connectivity index (χ1v) is 2.88. The summed E-state index contributed by atoms with van der Waals surface area (Å²) in [5.41, 5.74) is 9.79. The molecule has 0 radical (unpaired) electrons. The summed E-state index contributed by atoms with van der Waals surface area (Å²) in [5, 5.41) is -0.225. The molecule has 5 heteroatoms. The van der Waals surface area contributed by atoms with Crippen molar-refractivity contribution in [2.75, 3.05) is 0 Å². The molecule has 0 saturated heterocycles. The fraction of sp³-hybridized carbons (Fsp3) is 0.333. The Morgan fingerprint density at radius 2 is 2.38 bits per heavy atom. The van der Waals surface area contributed by atoms with Crippen molar-refractivity contribution in [2.45, 2.75) is 5.50 Å². The minimum atomic E-state index is -0.470. The lowest BCUT2D eigenvalue weighted by molar-refractivity contribution is -0.105. The van der Waals surface area contributed by atoms with Crippen molar-refractivity contribution in [2.24, 2.45) is 16.5 Å². The molecule has 0 bridgehead atoms. The van der Waals surface area contributed by atoms with Crippen LogP contribution in [0.25, 0.3) is 0 Å². The third kappa shape index (κ3) is 0.823. The summed E-state index contributed by atoms with van der Waals surface area (Å²) in [6, 6.07) is 0. The zero-order valence-electron chi connectivity index (χ0n) is 4.00. The van der Waals surface area contributed by atoms with Gasteiger partial charge in [0.2, 0.25) is 0 Å². The normalized spacial score (nSPS) is 28.4. The molecule has 1 rings (SSSR count). The first kappa shape index (κ1) is 5.58. The van der Waals surface area contributed by atoms with Gasteiger partial charge in [-0.05, 0) is 11.8 Å². The van der Waals surface area contributed by atoms with Crippen LogP contribution in [0.2, 0.25) is 0 Å². The number of carbonyl (C=O) groups is 1. The maximum absolute atomic E-state index is 10.4. The second kappa shape index (κ2) is 1.75. The molecule has 0 aromatic rings. The highest BCUT2D eigenvalue weighted by Crippen LogP contribution is 2.14. The van der Waals surface area contributed by atoms with Crippen molar-refractivity contribution < 1.29 is 4.79 Å². The van der Waals surface area contributed by atoms with E-state index in [1.165, 1.54) is 0 Å². The highest BCUT2D eigenvalue weighted by atomic mass is 32.2. The van der Waals surface area contributed by atoms with Crippen LogP contribution < -0.4 is 11.5 Å². The molecule has 1 aliphatic rings. The molecule has 0 amide bonds. The van der Waals surface area contributed by atoms with Crippen molar-refractivity contribution in [3.63, 3.8) is 0 Å². The molecule has 4 nitrogen and oxygen atoms in total. The Hall–Kier alpha value is -0.550. The minimum Gasteiger partial charge on any atom is -0.380 e. The smallest absolute Gasteiger partial charge is 0.257 e. The molecule has 0 saturated carbocycles. The lowest BCUT2D eigenvalue weighted by Crippen LogP contribution is -2.16. The van der Waals surface area contributed by atoms with E-state index >= 15 is 0 Å². The number of amidine groups is 1. The number of hydrogen-bond acceptors (Lipinski definition) is 5. The Bertz CT molecular complexity index is 155. The highest BCUT2D eigenvalue weighted by molar-refractivity contribution is 8.16. The van der Waals surface area contributed by atoms with E-state index in [1.54, 1.807) is 0 Å². The molecule has 44 valence electrons. The summed E-state index contributed by atoms with van der Waals surface area (Å²) in [4.78, 5) is 14.0. The lowest BCUT2D eigenvalue weighted by atomic mass is 10.7. The summed E-state index contributed by atoms with van der Waals surface area (Å²) in [6.45, 7) is 0. The number of nitrogens with zero attached hydrogens (tertiary/aromatic N) is 1. The molecule has 0 aromatic carbocycles. The Kier molecular flexibility index (Phi) is 1.22. The van der Waals surface area contributed by atoms with Crippen LogP contribution in [0.1, 0.15) is 0 Å². The third-order valence-corrected chi connectivity index (χ3v) is 1.47. The molecule has 0 spiro atoms. The van der Waals surface area contributed by atoms with Crippen molar-refractivity contribution in [3.8, 4) is 0 Å². The maximum Gasteiger partial charge on any atom is 0.257 e. The fourth-order valence-corrected chi connectivity index (χ4v) is 0.945. The largest absolute Gasteiger partial charge is 0.380 e. The predicted octanol–water partition coefficient (Wildman–Crippen LogP) is -1.14. The Morgan fingerprint density at radius 1 is 1.75 bits per heavy atom. The Morgan fingerprint density at radius 3 is 2.50 bits per heavy atom. The van der Waals surface area contributed by atoms with E-state index < -0.39 is 5.50 Å². The summed E-state index contributed by atoms with van der Waals surface area (Å²) in [6.07, 6.45) is 0. The van der Waals surface area contributed by atoms with Crippen LogP contribution in [0, 0.1) is 0 Å². The van der Waals surface area contributed by atoms with Gasteiger partial charge < -0.3 is 11.5 Å². The van der Waals surface area contributed by atoms with Crippen LogP contribution in [-0.2, 0) is 4.79 Å². The van der Waals surface area contributed by atoms with Crippen molar-refractivity contribution in [1.29, 1.82) is 0 Å². The summed E-state index contributed by atoms with van der Waals surface area (Å²) < 4.78 is 0. The third-order valence-electron chi connectivity index (χ3n) is 0.703. The first-order chi connectivity index (χ1) is 3.70. The van der Waals surface area contributed by atoms with Crippen LogP contribution in [0.5, 0.6) is 0 Å². The fourth-order valence-electron chi connectivity index (χ4n) is 0.386. The van der Waals surface area contributed by atoms with Gasteiger partial charge in [-0.15, -0.1) is 0 Å². The topological polar surface area (TPSA) is 81.5 Å². The zero-order valence-corrected chi connectivity index (χ0v) is 4.81. The van der Waals surface area contributed by atoms with Crippen LogP contribution in [0.15, 0.2) is 4.99 Å². The monoisotopic (exact) mass is 131 g/mol. The number of aliphatic imine (C=N–C) groups is 1. The van der Waals surface area contributed by atoms with E-state index in [2.05, 4.69) is 4.99 Å². The van der Waals surface area contributed by atoms with Gasteiger partial charge >= 0.3 is 0 Å². The van der Waals surface area contributed by atoms with Crippen LogP contribution in [0.3, 0.4) is 0 Å². The van der Waals surface area contributed by atoms with Gasteiger partial charge in [-0.25, -0.2) is 4.99 Å². The van der Waals surface area contributed by atoms with E-state index in [4.69, 9.17) is 11.5 Å². The lowest BCUT2D eigenvalue weighted by Gasteiger charge is -1.87. The molecule has 0 aromatic heterocycles. The van der Waals surface area contributed by atoms with E-state index in [0.717, 1.165) is 11.8 Å². The minimum absolute atomic E-state index is 0.0301. The Balaban J connectivity index is 2.73. The standard InChI is InChI=1S/C3H5N3OS/c4-1-2(7)8-3(5)6-1/h3H,5H2,(H2,4,6). The predicted molar refractivity (Wildman–Crippen MR) is 32.2 cm³/mol. The number of nitrogens with two attached hydrogens (primary N) is 2. The van der Waals surface area contributed by atoms with Gasteiger partial charge in [0.15, 0.2) is 11.3 Å². The Labute approximate surface area is 50.3 Å². The molecular formula is C3H5N3OS. The number of hydrogen-bond donors (Lipinski definition) is 2. The molecule has 1 atom stereocenters. The van der Waals surface area contributed by atoms with Crippen LogP contribution >= 0.6 is 11.8 Å². The summed E-state index contributed by atoms with van der Waals surface area (Å²) in [7, 11) is 0.